The third kappa shape index (κ3) is 4.82. The standard InChI is InChI=1S/C21H24N6O/c1-13(2)18-7-5-6-14(3)20(18)26-21-25-19(12-22-27-21)24-17-10-8-16(9-11-17)23-15(4)28/h5-13H,1-4H3,(H,23,28)(H2,24,25,26,27). The van der Waals surface area contributed by atoms with E-state index in [-0.39, 0.29) is 5.91 Å². The van der Waals surface area contributed by atoms with Crippen molar-refractivity contribution in [2.75, 3.05) is 16.0 Å². The Kier molecular flexibility index (Phi) is 5.84. The summed E-state index contributed by atoms with van der Waals surface area (Å²) >= 11 is 0. The van der Waals surface area contributed by atoms with Gasteiger partial charge in [0, 0.05) is 24.0 Å². The fraction of sp³-hybridized carbons (Fsp3) is 0.238. The van der Waals surface area contributed by atoms with Gasteiger partial charge in [-0.25, -0.2) is 0 Å². The summed E-state index contributed by atoms with van der Waals surface area (Å²) < 4.78 is 0. The van der Waals surface area contributed by atoms with E-state index in [9.17, 15) is 4.79 Å². The van der Waals surface area contributed by atoms with Crippen LogP contribution in [0.1, 0.15) is 37.8 Å². The van der Waals surface area contributed by atoms with E-state index >= 15 is 0 Å². The van der Waals surface area contributed by atoms with Crippen molar-refractivity contribution in [2.45, 2.75) is 33.6 Å². The fourth-order valence-electron chi connectivity index (χ4n) is 2.86. The molecule has 7 nitrogen and oxygen atoms in total. The monoisotopic (exact) mass is 376 g/mol. The first kappa shape index (κ1) is 19.3. The van der Waals surface area contributed by atoms with E-state index in [0.29, 0.717) is 17.7 Å². The van der Waals surface area contributed by atoms with Crippen LogP contribution in [0, 0.1) is 6.92 Å². The quantitative estimate of drug-likeness (QED) is 0.575. The molecule has 0 unspecified atom stereocenters. The smallest absolute Gasteiger partial charge is 0.249 e. The van der Waals surface area contributed by atoms with Crippen LogP contribution in [0.3, 0.4) is 0 Å². The molecular formula is C21H24N6O. The Bertz CT molecular complexity index is 969. The van der Waals surface area contributed by atoms with Crippen molar-refractivity contribution >= 4 is 34.7 Å². The van der Waals surface area contributed by atoms with Gasteiger partial charge in [0.15, 0.2) is 5.82 Å². The zero-order valence-electron chi connectivity index (χ0n) is 16.4. The lowest BCUT2D eigenvalue weighted by atomic mass is 9.98. The highest BCUT2D eigenvalue weighted by Crippen LogP contribution is 2.29. The van der Waals surface area contributed by atoms with Gasteiger partial charge in [-0.15, -0.1) is 5.10 Å². The average molecular weight is 376 g/mol. The number of amides is 1. The predicted molar refractivity (Wildman–Crippen MR) is 112 cm³/mol. The number of aryl methyl sites for hydroxylation is 1. The molecule has 0 aliphatic carbocycles. The van der Waals surface area contributed by atoms with Crippen LogP contribution in [0.4, 0.5) is 28.8 Å². The average Bonchev–Trinajstić information content (AvgIpc) is 2.65. The molecule has 0 saturated heterocycles. The first-order valence-corrected chi connectivity index (χ1v) is 9.13. The summed E-state index contributed by atoms with van der Waals surface area (Å²) in [6.07, 6.45) is 1.56. The second-order valence-corrected chi connectivity index (χ2v) is 6.87. The van der Waals surface area contributed by atoms with Crippen molar-refractivity contribution < 1.29 is 4.79 Å². The molecule has 0 atom stereocenters. The second kappa shape index (κ2) is 8.47. The van der Waals surface area contributed by atoms with Gasteiger partial charge in [-0.3, -0.25) is 4.79 Å². The molecule has 0 saturated carbocycles. The molecule has 3 aromatic rings. The number of para-hydroxylation sites is 1. The maximum Gasteiger partial charge on any atom is 0.249 e. The Labute approximate surface area is 164 Å². The second-order valence-electron chi connectivity index (χ2n) is 6.87. The number of benzene rings is 2. The van der Waals surface area contributed by atoms with E-state index in [1.54, 1.807) is 6.20 Å². The van der Waals surface area contributed by atoms with Crippen molar-refractivity contribution in [3.8, 4) is 0 Å². The Balaban J connectivity index is 1.77. The Morgan fingerprint density at radius 1 is 1.00 bits per heavy atom. The molecule has 0 aliphatic rings. The van der Waals surface area contributed by atoms with E-state index in [2.05, 4.69) is 70.1 Å². The third-order valence-electron chi connectivity index (χ3n) is 4.20. The topological polar surface area (TPSA) is 91.8 Å². The summed E-state index contributed by atoms with van der Waals surface area (Å²) in [5, 5.41) is 17.4. The van der Waals surface area contributed by atoms with E-state index in [1.165, 1.54) is 12.5 Å². The minimum Gasteiger partial charge on any atom is -0.339 e. The SMILES string of the molecule is CC(=O)Nc1ccc(Nc2cnnc(Nc3c(C)cccc3C(C)C)n2)cc1. The van der Waals surface area contributed by atoms with Gasteiger partial charge >= 0.3 is 0 Å². The molecule has 3 N–H and O–H groups in total. The molecule has 0 fully saturated rings. The third-order valence-corrected chi connectivity index (χ3v) is 4.20. The number of nitrogens with zero attached hydrogens (tertiary/aromatic N) is 3. The van der Waals surface area contributed by atoms with E-state index in [0.717, 1.165) is 22.6 Å². The Morgan fingerprint density at radius 2 is 1.71 bits per heavy atom. The highest BCUT2D eigenvalue weighted by Gasteiger charge is 2.11. The van der Waals surface area contributed by atoms with Crippen LogP contribution in [0.2, 0.25) is 0 Å². The summed E-state index contributed by atoms with van der Waals surface area (Å²) in [6.45, 7) is 7.84. The van der Waals surface area contributed by atoms with Crippen molar-refractivity contribution in [1.29, 1.82) is 0 Å². The van der Waals surface area contributed by atoms with Crippen molar-refractivity contribution in [3.05, 3.63) is 59.8 Å². The van der Waals surface area contributed by atoms with Crippen molar-refractivity contribution in [1.82, 2.24) is 15.2 Å². The predicted octanol–water partition coefficient (Wildman–Crippen LogP) is 4.75. The van der Waals surface area contributed by atoms with E-state index < -0.39 is 0 Å². The molecule has 0 spiro atoms. The molecule has 1 amide bonds. The van der Waals surface area contributed by atoms with Gasteiger partial charge in [0.1, 0.15) is 0 Å². The first-order chi connectivity index (χ1) is 13.4. The van der Waals surface area contributed by atoms with Crippen LogP contribution in [-0.4, -0.2) is 21.1 Å². The largest absolute Gasteiger partial charge is 0.339 e. The number of nitrogens with one attached hydrogen (secondary N) is 3. The van der Waals surface area contributed by atoms with Crippen LogP contribution < -0.4 is 16.0 Å². The first-order valence-electron chi connectivity index (χ1n) is 9.13. The number of rotatable bonds is 6. The van der Waals surface area contributed by atoms with E-state index in [4.69, 9.17) is 0 Å². The van der Waals surface area contributed by atoms with Gasteiger partial charge in [-0.05, 0) is 48.2 Å². The van der Waals surface area contributed by atoms with Gasteiger partial charge in [-0.2, -0.15) is 10.1 Å². The van der Waals surface area contributed by atoms with E-state index in [1.807, 2.05) is 24.3 Å². The van der Waals surface area contributed by atoms with Crippen LogP contribution in [0.25, 0.3) is 0 Å². The van der Waals surface area contributed by atoms with Gasteiger partial charge in [0.05, 0.1) is 6.20 Å². The molecule has 144 valence electrons. The summed E-state index contributed by atoms with van der Waals surface area (Å²) in [5.41, 5.74) is 4.91. The zero-order valence-corrected chi connectivity index (χ0v) is 16.4. The van der Waals surface area contributed by atoms with Crippen molar-refractivity contribution in [3.63, 3.8) is 0 Å². The lowest BCUT2D eigenvalue weighted by Crippen LogP contribution is -2.06. The Morgan fingerprint density at radius 3 is 2.39 bits per heavy atom. The molecular weight excluding hydrogens is 352 g/mol. The normalized spacial score (nSPS) is 10.6. The summed E-state index contributed by atoms with van der Waals surface area (Å²) in [6, 6.07) is 13.6. The molecule has 0 aliphatic heterocycles. The van der Waals surface area contributed by atoms with Gasteiger partial charge in [-0.1, -0.05) is 32.0 Å². The summed E-state index contributed by atoms with van der Waals surface area (Å²) in [7, 11) is 0. The molecule has 0 radical (unpaired) electrons. The fourth-order valence-corrected chi connectivity index (χ4v) is 2.86. The Hall–Kier alpha value is -3.48. The minimum atomic E-state index is -0.103. The highest BCUT2D eigenvalue weighted by atomic mass is 16.1. The molecule has 1 aromatic heterocycles. The summed E-state index contributed by atoms with van der Waals surface area (Å²) in [5.74, 6) is 1.27. The number of anilines is 5. The number of hydrogen-bond donors (Lipinski definition) is 3. The minimum absolute atomic E-state index is 0.103. The molecule has 2 aromatic carbocycles. The van der Waals surface area contributed by atoms with Crippen LogP contribution in [0.15, 0.2) is 48.7 Å². The molecule has 3 rings (SSSR count). The molecule has 7 heteroatoms. The number of carbonyl (C=O) groups is 1. The molecule has 28 heavy (non-hydrogen) atoms. The van der Waals surface area contributed by atoms with Crippen LogP contribution in [-0.2, 0) is 4.79 Å². The van der Waals surface area contributed by atoms with Gasteiger partial charge < -0.3 is 16.0 Å². The maximum absolute atomic E-state index is 11.1. The zero-order chi connectivity index (χ0) is 20.1. The number of hydrogen-bond acceptors (Lipinski definition) is 6. The lowest BCUT2D eigenvalue weighted by molar-refractivity contribution is -0.114. The molecule has 1 heterocycles. The molecule has 0 bridgehead atoms. The number of aromatic nitrogens is 3. The number of carbonyl (C=O) groups excluding carboxylic acids is 1. The van der Waals surface area contributed by atoms with Crippen LogP contribution >= 0.6 is 0 Å². The maximum atomic E-state index is 11.1. The van der Waals surface area contributed by atoms with Gasteiger partial charge in [0.2, 0.25) is 11.9 Å². The summed E-state index contributed by atoms with van der Waals surface area (Å²) in [4.78, 5) is 15.6. The lowest BCUT2D eigenvalue weighted by Gasteiger charge is -2.16. The van der Waals surface area contributed by atoms with Crippen molar-refractivity contribution in [2.24, 2.45) is 0 Å². The van der Waals surface area contributed by atoms with Gasteiger partial charge in [0.25, 0.3) is 0 Å². The van der Waals surface area contributed by atoms with Crippen LogP contribution in [0.5, 0.6) is 0 Å². The highest BCUT2D eigenvalue weighted by molar-refractivity contribution is 5.88.